The number of hydrogen-bond donors (Lipinski definition) is 3. The Morgan fingerprint density at radius 1 is 1.37 bits per heavy atom. The molecule has 0 unspecified atom stereocenters. The number of nitrogen functional groups attached to an aromatic ring is 2. The van der Waals surface area contributed by atoms with Crippen LogP contribution in [0.25, 0.3) is 0 Å². The summed E-state index contributed by atoms with van der Waals surface area (Å²) in [6, 6.07) is 5.77. The number of amidine groups is 1. The van der Waals surface area contributed by atoms with Crippen molar-refractivity contribution in [1.82, 2.24) is 9.66 Å². The topological polar surface area (TPSA) is 106 Å². The average Bonchev–Trinajstić information content (AvgIpc) is 2.97. The number of imidazole rings is 1. The third kappa shape index (κ3) is 1.87. The molecule has 1 aliphatic rings. The summed E-state index contributed by atoms with van der Waals surface area (Å²) in [4.78, 5) is 3.94. The normalized spacial score (nSPS) is 15.7. The van der Waals surface area contributed by atoms with Gasteiger partial charge in [0.25, 0.3) is 0 Å². The van der Waals surface area contributed by atoms with Gasteiger partial charge < -0.3 is 11.5 Å². The molecule has 19 heavy (non-hydrogen) atoms. The molecular formula is C13H14N6. The molecule has 6 heteroatoms. The number of nitrogens with zero attached hydrogens (tertiary/aromatic N) is 3. The number of nitrogens with one attached hydrogen (secondary N) is 1. The first-order valence-electron chi connectivity index (χ1n) is 6.00. The van der Waals surface area contributed by atoms with Crippen molar-refractivity contribution in [3.8, 4) is 0 Å². The number of hydrogen-bond acceptors (Lipinski definition) is 4. The van der Waals surface area contributed by atoms with Crippen molar-refractivity contribution in [2.75, 3.05) is 5.73 Å². The highest BCUT2D eigenvalue weighted by Gasteiger charge is 2.21. The number of rotatable bonds is 2. The fourth-order valence-corrected chi connectivity index (χ4v) is 2.38. The lowest BCUT2D eigenvalue weighted by atomic mass is 10.0. The van der Waals surface area contributed by atoms with Crippen LogP contribution in [0.3, 0.4) is 0 Å². The van der Waals surface area contributed by atoms with E-state index >= 15 is 0 Å². The van der Waals surface area contributed by atoms with Crippen LogP contribution in [0.4, 0.5) is 5.95 Å². The fourth-order valence-electron chi connectivity index (χ4n) is 2.38. The van der Waals surface area contributed by atoms with Gasteiger partial charge in [0, 0.05) is 17.3 Å². The third-order valence-electron chi connectivity index (χ3n) is 3.27. The fraction of sp³-hybridized carbons (Fsp3) is 0.154. The van der Waals surface area contributed by atoms with Gasteiger partial charge in [-0.05, 0) is 18.4 Å². The van der Waals surface area contributed by atoms with Crippen LogP contribution in [0, 0.1) is 5.41 Å². The lowest BCUT2D eigenvalue weighted by molar-refractivity contribution is 0.883. The Bertz CT molecular complexity index is 682. The molecule has 1 aliphatic carbocycles. The van der Waals surface area contributed by atoms with Crippen LogP contribution in [-0.2, 0) is 6.42 Å². The van der Waals surface area contributed by atoms with E-state index in [9.17, 15) is 0 Å². The number of fused-ring (bicyclic) bond motifs is 1. The van der Waals surface area contributed by atoms with Gasteiger partial charge in [0.2, 0.25) is 5.95 Å². The predicted molar refractivity (Wildman–Crippen MR) is 74.4 cm³/mol. The maximum Gasteiger partial charge on any atom is 0.221 e. The van der Waals surface area contributed by atoms with E-state index in [-0.39, 0.29) is 5.84 Å². The Kier molecular flexibility index (Phi) is 2.56. The van der Waals surface area contributed by atoms with E-state index < -0.39 is 0 Å². The molecule has 0 saturated carbocycles. The molecule has 1 aromatic heterocycles. The van der Waals surface area contributed by atoms with Crippen molar-refractivity contribution < 1.29 is 0 Å². The van der Waals surface area contributed by atoms with Gasteiger partial charge in [-0.2, -0.15) is 5.10 Å². The summed E-state index contributed by atoms with van der Waals surface area (Å²) >= 11 is 0. The first-order chi connectivity index (χ1) is 9.16. The van der Waals surface area contributed by atoms with Gasteiger partial charge >= 0.3 is 0 Å². The first kappa shape index (κ1) is 11.5. The zero-order valence-electron chi connectivity index (χ0n) is 10.3. The summed E-state index contributed by atoms with van der Waals surface area (Å²) in [6.45, 7) is 0. The molecule has 0 spiro atoms. The molecule has 0 fully saturated rings. The van der Waals surface area contributed by atoms with Crippen molar-refractivity contribution >= 4 is 17.5 Å². The van der Waals surface area contributed by atoms with Gasteiger partial charge in [-0.15, -0.1) is 0 Å². The Balaban J connectivity index is 2.08. The summed E-state index contributed by atoms with van der Waals surface area (Å²) in [7, 11) is 0. The van der Waals surface area contributed by atoms with E-state index in [2.05, 4.69) is 10.1 Å². The lowest BCUT2D eigenvalue weighted by Gasteiger charge is -2.06. The number of nitrogens with two attached hydrogens (primary N) is 2. The second-order valence-corrected chi connectivity index (χ2v) is 4.42. The Labute approximate surface area is 110 Å². The first-order valence-corrected chi connectivity index (χ1v) is 6.00. The van der Waals surface area contributed by atoms with Crippen LogP contribution in [0.5, 0.6) is 0 Å². The summed E-state index contributed by atoms with van der Waals surface area (Å²) in [5.74, 6) is 0.462. The molecule has 0 amide bonds. The summed E-state index contributed by atoms with van der Waals surface area (Å²) < 4.78 is 1.56. The van der Waals surface area contributed by atoms with Gasteiger partial charge in [0.15, 0.2) is 0 Å². The van der Waals surface area contributed by atoms with Crippen molar-refractivity contribution in [1.29, 1.82) is 5.41 Å². The van der Waals surface area contributed by atoms with E-state index in [1.54, 1.807) is 17.1 Å². The quantitative estimate of drug-likeness (QED) is 0.548. The largest absolute Gasteiger partial charge is 0.384 e. The van der Waals surface area contributed by atoms with Crippen LogP contribution >= 0.6 is 0 Å². The minimum absolute atomic E-state index is 0.0974. The molecule has 1 aromatic carbocycles. The molecule has 96 valence electrons. The Morgan fingerprint density at radius 3 is 2.89 bits per heavy atom. The second kappa shape index (κ2) is 4.24. The maximum atomic E-state index is 7.60. The molecule has 1 heterocycles. The van der Waals surface area contributed by atoms with Gasteiger partial charge in [-0.3, -0.25) is 5.41 Å². The predicted octanol–water partition coefficient (Wildman–Crippen LogP) is 0.948. The van der Waals surface area contributed by atoms with Crippen molar-refractivity contribution in [2.24, 2.45) is 10.8 Å². The molecule has 0 bridgehead atoms. The van der Waals surface area contributed by atoms with E-state index in [0.29, 0.717) is 5.95 Å². The van der Waals surface area contributed by atoms with Crippen LogP contribution in [0.1, 0.15) is 23.1 Å². The molecule has 0 saturated heterocycles. The van der Waals surface area contributed by atoms with Crippen molar-refractivity contribution in [3.63, 3.8) is 0 Å². The van der Waals surface area contributed by atoms with E-state index in [1.165, 1.54) is 0 Å². The molecular weight excluding hydrogens is 240 g/mol. The average molecular weight is 254 g/mol. The van der Waals surface area contributed by atoms with E-state index in [0.717, 1.165) is 35.2 Å². The molecule has 0 radical (unpaired) electrons. The van der Waals surface area contributed by atoms with Crippen molar-refractivity contribution in [2.45, 2.75) is 12.8 Å². The van der Waals surface area contributed by atoms with E-state index in [1.807, 2.05) is 18.2 Å². The molecule has 0 atom stereocenters. The highest BCUT2D eigenvalue weighted by atomic mass is 15.4. The smallest absolute Gasteiger partial charge is 0.221 e. The minimum Gasteiger partial charge on any atom is -0.384 e. The highest BCUT2D eigenvalue weighted by Crippen LogP contribution is 2.26. The second-order valence-electron chi connectivity index (χ2n) is 4.42. The molecule has 6 nitrogen and oxygen atoms in total. The summed E-state index contributed by atoms with van der Waals surface area (Å²) in [6.07, 6.45) is 4.99. The Hall–Kier alpha value is -2.63. The third-order valence-corrected chi connectivity index (χ3v) is 3.27. The van der Waals surface area contributed by atoms with Crippen LogP contribution in [-0.4, -0.2) is 21.2 Å². The zero-order chi connectivity index (χ0) is 13.4. The summed E-state index contributed by atoms with van der Waals surface area (Å²) in [5.41, 5.74) is 15.2. The maximum absolute atomic E-state index is 7.60. The molecule has 5 N–H and O–H groups in total. The molecule has 0 aliphatic heterocycles. The number of anilines is 1. The molecule has 3 rings (SSSR count). The van der Waals surface area contributed by atoms with E-state index in [4.69, 9.17) is 16.9 Å². The lowest BCUT2D eigenvalue weighted by Crippen LogP contribution is -2.13. The van der Waals surface area contributed by atoms with Crippen molar-refractivity contribution in [3.05, 3.63) is 47.3 Å². The SMILES string of the molecule is N=C(N)c1cccc2c1CC/C2=N\n1ccnc1N. The van der Waals surface area contributed by atoms with Gasteiger partial charge in [-0.25, -0.2) is 9.66 Å². The minimum atomic E-state index is 0.0974. The standard InChI is InChI=1S/C13H14N6/c14-12(15)10-3-1-2-9-8(10)4-5-11(9)18-19-7-6-17-13(19)16/h1-3,6-7H,4-5H2,(H3,14,15)(H2,16,17)/b18-11+. The summed E-state index contributed by atoms with van der Waals surface area (Å²) in [5, 5.41) is 12.1. The Morgan fingerprint density at radius 2 is 2.21 bits per heavy atom. The van der Waals surface area contributed by atoms with Gasteiger partial charge in [0.1, 0.15) is 5.84 Å². The number of aromatic nitrogens is 2. The van der Waals surface area contributed by atoms with Gasteiger partial charge in [0.05, 0.1) is 11.9 Å². The monoisotopic (exact) mass is 254 g/mol. The van der Waals surface area contributed by atoms with Crippen LogP contribution in [0.2, 0.25) is 0 Å². The van der Waals surface area contributed by atoms with Gasteiger partial charge in [-0.1, -0.05) is 18.2 Å². The van der Waals surface area contributed by atoms with Crippen LogP contribution < -0.4 is 11.5 Å². The highest BCUT2D eigenvalue weighted by molar-refractivity contribution is 6.08. The zero-order valence-corrected chi connectivity index (χ0v) is 10.3. The molecule has 2 aromatic rings. The number of benzene rings is 1. The van der Waals surface area contributed by atoms with Crippen LogP contribution in [0.15, 0.2) is 35.7 Å².